The summed E-state index contributed by atoms with van der Waals surface area (Å²) < 4.78 is 0. The summed E-state index contributed by atoms with van der Waals surface area (Å²) in [5.74, 6) is 4.59. The van der Waals surface area contributed by atoms with E-state index < -0.39 is 0 Å². The second kappa shape index (κ2) is 7.11. The maximum absolute atomic E-state index is 13.2. The second-order valence-electron chi connectivity index (χ2n) is 15.1. The highest BCUT2D eigenvalue weighted by atomic mass is 16.1. The van der Waals surface area contributed by atoms with Crippen LogP contribution in [0.25, 0.3) is 0 Å². The molecule has 0 spiro atoms. The number of ketones is 1. The lowest BCUT2D eigenvalue weighted by Crippen LogP contribution is -2.67. The first kappa shape index (κ1) is 23.9. The van der Waals surface area contributed by atoms with E-state index >= 15 is 0 Å². The number of hydrogen-bond donors (Lipinski definition) is 0. The zero-order valence-corrected chi connectivity index (χ0v) is 22.8. The Labute approximate surface area is 203 Å². The van der Waals surface area contributed by atoms with Gasteiger partial charge in [-0.3, -0.25) is 4.79 Å². The van der Waals surface area contributed by atoms with Gasteiger partial charge in [0.25, 0.3) is 0 Å². The van der Waals surface area contributed by atoms with Crippen LogP contribution in [0.2, 0.25) is 0 Å². The summed E-state index contributed by atoms with van der Waals surface area (Å²) in [5, 5.41) is 10.4. The largest absolute Gasteiger partial charge is 0.299 e. The number of fused-ring (bicyclic) bond motifs is 7. The molecular formula is C31H49NO. The molecule has 0 amide bonds. The molecule has 5 aliphatic rings. The summed E-state index contributed by atoms with van der Waals surface area (Å²) in [6.45, 7) is 19.5. The normalized spacial score (nSPS) is 55.2. The van der Waals surface area contributed by atoms with Crippen LogP contribution in [-0.2, 0) is 4.79 Å². The van der Waals surface area contributed by atoms with E-state index in [1.54, 1.807) is 0 Å². The van der Waals surface area contributed by atoms with E-state index in [0.717, 1.165) is 19.3 Å². The van der Waals surface area contributed by atoms with Crippen LogP contribution in [0.15, 0.2) is 0 Å². The van der Waals surface area contributed by atoms with E-state index in [-0.39, 0.29) is 22.2 Å². The topological polar surface area (TPSA) is 40.9 Å². The number of rotatable bonds is 1. The Morgan fingerprint density at radius 2 is 1.58 bits per heavy atom. The summed E-state index contributed by atoms with van der Waals surface area (Å²) in [5.41, 5.74) is 0.651. The number of nitrogens with zero attached hydrogens (tertiary/aromatic N) is 1. The van der Waals surface area contributed by atoms with Crippen LogP contribution in [-0.4, -0.2) is 5.78 Å². The minimum absolute atomic E-state index is 0.0584. The van der Waals surface area contributed by atoms with Crippen LogP contribution in [0.4, 0.5) is 0 Å². The molecule has 5 fully saturated rings. The fraction of sp³-hybridized carbons (Fsp3) is 0.935. The molecule has 0 saturated heterocycles. The zero-order valence-electron chi connectivity index (χ0n) is 22.8. The van der Waals surface area contributed by atoms with E-state index in [0.29, 0.717) is 52.1 Å². The molecule has 5 rings (SSSR count). The van der Waals surface area contributed by atoms with Gasteiger partial charge in [-0.2, -0.15) is 5.26 Å². The minimum Gasteiger partial charge on any atom is -0.299 e. The molecule has 0 unspecified atom stereocenters. The van der Waals surface area contributed by atoms with Crippen molar-refractivity contribution in [3.63, 3.8) is 0 Å². The third kappa shape index (κ3) is 2.75. The maximum Gasteiger partial charge on any atom is 0.141 e. The van der Waals surface area contributed by atoms with E-state index in [1.165, 1.54) is 38.5 Å². The monoisotopic (exact) mass is 451 g/mol. The lowest BCUT2D eigenvalue weighted by molar-refractivity contribution is -0.235. The van der Waals surface area contributed by atoms with Crippen molar-refractivity contribution in [1.29, 1.82) is 5.26 Å². The second-order valence-corrected chi connectivity index (χ2v) is 15.1. The fourth-order valence-corrected chi connectivity index (χ4v) is 12.0. The van der Waals surface area contributed by atoms with Crippen LogP contribution in [0.5, 0.6) is 0 Å². The summed E-state index contributed by atoms with van der Waals surface area (Å²) in [6.07, 6.45) is 10.9. The quantitative estimate of drug-likeness (QED) is 0.404. The van der Waals surface area contributed by atoms with Crippen LogP contribution in [0.3, 0.4) is 0 Å². The van der Waals surface area contributed by atoms with Crippen LogP contribution in [0, 0.1) is 79.8 Å². The van der Waals surface area contributed by atoms with E-state index in [2.05, 4.69) is 61.5 Å². The zero-order chi connectivity index (χ0) is 24.2. The Morgan fingerprint density at radius 1 is 0.879 bits per heavy atom. The number of carbonyl (C=O) groups excluding carboxylic acids is 1. The van der Waals surface area contributed by atoms with Crippen molar-refractivity contribution in [2.45, 2.75) is 113 Å². The minimum atomic E-state index is -0.192. The highest BCUT2D eigenvalue weighted by molar-refractivity contribution is 5.87. The molecule has 0 heterocycles. The maximum atomic E-state index is 13.2. The van der Waals surface area contributed by atoms with Crippen molar-refractivity contribution in [1.82, 2.24) is 0 Å². The predicted octanol–water partition coefficient (Wildman–Crippen LogP) is 8.06. The smallest absolute Gasteiger partial charge is 0.141 e. The first-order valence-electron chi connectivity index (χ1n) is 14.2. The standard InChI is InChI=1S/C31H49NO/c1-19(2)21-11-14-31(18-32)16-15-29(7)22(25(21)31)9-10-24-28(6)17-20(3)26(33)27(4,5)23(28)12-13-30(24,29)8/h19-25H,9-17H2,1-8H3/t20-,21+,22-,23-,24-,25+,28-,29-,30-,31+/m1/s1. The Morgan fingerprint density at radius 3 is 2.21 bits per heavy atom. The SMILES string of the molecule is CC(C)[C@@H]1CC[C@@]2(C#N)CC[C@]3(C)[C@H](CC[C@@H]4[C@]5(C)C[C@@H](C)C(=O)C(C)(C)[C@H]5CC[C@]43C)[C@H]12. The van der Waals surface area contributed by atoms with Crippen molar-refractivity contribution in [3.8, 4) is 6.07 Å². The van der Waals surface area contributed by atoms with Gasteiger partial charge in [0.15, 0.2) is 0 Å². The third-order valence-electron chi connectivity index (χ3n) is 13.5. The molecule has 0 aliphatic heterocycles. The average molecular weight is 452 g/mol. The molecule has 0 aromatic heterocycles. The molecule has 2 nitrogen and oxygen atoms in total. The lowest BCUT2D eigenvalue weighted by atomic mass is 9.32. The Kier molecular flexibility index (Phi) is 5.14. The number of hydrogen-bond acceptors (Lipinski definition) is 2. The molecule has 2 heteroatoms. The van der Waals surface area contributed by atoms with Gasteiger partial charge in [0, 0.05) is 11.3 Å². The lowest BCUT2D eigenvalue weighted by Gasteiger charge is -2.72. The molecule has 5 saturated carbocycles. The van der Waals surface area contributed by atoms with Crippen LogP contribution in [0.1, 0.15) is 113 Å². The average Bonchev–Trinajstić information content (AvgIpc) is 3.13. The Hall–Kier alpha value is -0.840. The summed E-state index contributed by atoms with van der Waals surface area (Å²) in [7, 11) is 0. The Bertz CT molecular complexity index is 882. The van der Waals surface area contributed by atoms with Gasteiger partial charge in [-0.1, -0.05) is 55.4 Å². The molecule has 184 valence electrons. The molecule has 10 atom stereocenters. The summed E-state index contributed by atoms with van der Waals surface area (Å²) in [4.78, 5) is 13.2. The molecular weight excluding hydrogens is 402 g/mol. The van der Waals surface area contributed by atoms with Gasteiger partial charge >= 0.3 is 0 Å². The van der Waals surface area contributed by atoms with Crippen LogP contribution >= 0.6 is 0 Å². The first-order valence-corrected chi connectivity index (χ1v) is 14.2. The van der Waals surface area contributed by atoms with Gasteiger partial charge in [0.1, 0.15) is 5.78 Å². The predicted molar refractivity (Wildman–Crippen MR) is 134 cm³/mol. The van der Waals surface area contributed by atoms with E-state index in [1.807, 2.05) is 0 Å². The first-order chi connectivity index (χ1) is 15.3. The third-order valence-corrected chi connectivity index (χ3v) is 13.5. The van der Waals surface area contributed by atoms with Crippen molar-refractivity contribution >= 4 is 5.78 Å². The summed E-state index contributed by atoms with van der Waals surface area (Å²) >= 11 is 0. The van der Waals surface area contributed by atoms with Crippen molar-refractivity contribution < 1.29 is 4.79 Å². The summed E-state index contributed by atoms with van der Waals surface area (Å²) in [6, 6.07) is 2.94. The molecule has 0 aromatic carbocycles. The number of nitriles is 1. The highest BCUT2D eigenvalue weighted by Crippen LogP contribution is 2.77. The van der Waals surface area contributed by atoms with Gasteiger partial charge in [-0.15, -0.1) is 0 Å². The van der Waals surface area contributed by atoms with Gasteiger partial charge in [-0.05, 0) is 110 Å². The van der Waals surface area contributed by atoms with E-state index in [9.17, 15) is 10.1 Å². The molecule has 0 radical (unpaired) electrons. The highest BCUT2D eigenvalue weighted by Gasteiger charge is 2.71. The van der Waals surface area contributed by atoms with Crippen LogP contribution < -0.4 is 0 Å². The van der Waals surface area contributed by atoms with E-state index in [4.69, 9.17) is 0 Å². The molecule has 0 aromatic rings. The molecule has 5 aliphatic carbocycles. The van der Waals surface area contributed by atoms with Crippen molar-refractivity contribution in [3.05, 3.63) is 0 Å². The van der Waals surface area contributed by atoms with Crippen molar-refractivity contribution in [2.75, 3.05) is 0 Å². The van der Waals surface area contributed by atoms with Gasteiger partial charge < -0.3 is 0 Å². The molecule has 33 heavy (non-hydrogen) atoms. The number of Topliss-reactive ketones (excluding diaryl/α,β-unsaturated/α-hetero) is 1. The molecule has 0 N–H and O–H groups in total. The van der Waals surface area contributed by atoms with Gasteiger partial charge in [0.2, 0.25) is 0 Å². The van der Waals surface area contributed by atoms with Gasteiger partial charge in [0.05, 0.1) is 11.5 Å². The molecule has 0 bridgehead atoms. The van der Waals surface area contributed by atoms with Crippen molar-refractivity contribution in [2.24, 2.45) is 68.5 Å². The Balaban J connectivity index is 1.57. The number of carbonyl (C=O) groups is 1. The van der Waals surface area contributed by atoms with Gasteiger partial charge in [-0.25, -0.2) is 0 Å². The fourth-order valence-electron chi connectivity index (χ4n) is 12.0.